The molecule has 110 valence electrons. The maximum Gasteiger partial charge on any atom is 0.0224 e. The molecule has 18 heavy (non-hydrogen) atoms. The summed E-state index contributed by atoms with van der Waals surface area (Å²) >= 11 is 0. The second-order valence-corrected chi connectivity index (χ2v) is 5.65. The summed E-state index contributed by atoms with van der Waals surface area (Å²) in [6.07, 6.45) is 2.41. The molecule has 0 fully saturated rings. The zero-order chi connectivity index (χ0) is 14.1. The average Bonchev–Trinajstić information content (AvgIpc) is 2.30. The van der Waals surface area contributed by atoms with Gasteiger partial charge in [0.25, 0.3) is 0 Å². The van der Waals surface area contributed by atoms with Crippen LogP contribution in [0.5, 0.6) is 0 Å². The van der Waals surface area contributed by atoms with Crippen molar-refractivity contribution >= 4 is 0 Å². The van der Waals surface area contributed by atoms with E-state index in [1.807, 2.05) is 0 Å². The number of hydrogen-bond donors (Lipinski definition) is 1. The van der Waals surface area contributed by atoms with Gasteiger partial charge >= 0.3 is 0 Å². The van der Waals surface area contributed by atoms with Crippen LogP contribution in [0.4, 0.5) is 0 Å². The molecular formula is C15H35N3. The van der Waals surface area contributed by atoms with Crippen molar-refractivity contribution in [1.82, 2.24) is 15.1 Å². The highest BCUT2D eigenvalue weighted by Crippen LogP contribution is 2.12. The Morgan fingerprint density at radius 2 is 1.67 bits per heavy atom. The van der Waals surface area contributed by atoms with E-state index in [1.54, 1.807) is 0 Å². The van der Waals surface area contributed by atoms with Crippen LogP contribution in [0.1, 0.15) is 47.5 Å². The molecule has 0 aliphatic carbocycles. The number of nitrogens with one attached hydrogen (secondary N) is 1. The Morgan fingerprint density at radius 3 is 2.06 bits per heavy atom. The lowest BCUT2D eigenvalue weighted by Gasteiger charge is -2.39. The summed E-state index contributed by atoms with van der Waals surface area (Å²) in [5, 5.41) is 3.69. The Morgan fingerprint density at radius 1 is 1.06 bits per heavy atom. The predicted octanol–water partition coefficient (Wildman–Crippen LogP) is 2.43. The lowest BCUT2D eigenvalue weighted by molar-refractivity contribution is 0.110. The molecule has 0 rings (SSSR count). The van der Waals surface area contributed by atoms with Crippen molar-refractivity contribution in [3.63, 3.8) is 0 Å². The highest BCUT2D eigenvalue weighted by atomic mass is 15.2. The van der Waals surface area contributed by atoms with E-state index < -0.39 is 0 Å². The lowest BCUT2D eigenvalue weighted by Crippen LogP contribution is -2.53. The minimum absolute atomic E-state index is 0.599. The maximum atomic E-state index is 3.69. The monoisotopic (exact) mass is 257 g/mol. The van der Waals surface area contributed by atoms with Gasteiger partial charge in [-0.1, -0.05) is 20.8 Å². The molecule has 0 aliphatic heterocycles. The third-order valence-electron chi connectivity index (χ3n) is 3.76. The summed E-state index contributed by atoms with van der Waals surface area (Å²) in [6.45, 7) is 14.9. The Labute approximate surface area is 115 Å². The molecule has 1 N–H and O–H groups in total. The van der Waals surface area contributed by atoms with Gasteiger partial charge in [-0.05, 0) is 53.9 Å². The largest absolute Gasteiger partial charge is 0.312 e. The minimum atomic E-state index is 0.599. The van der Waals surface area contributed by atoms with Gasteiger partial charge in [0.2, 0.25) is 0 Å². The zero-order valence-electron chi connectivity index (χ0n) is 13.7. The van der Waals surface area contributed by atoms with E-state index in [0.29, 0.717) is 18.1 Å². The van der Waals surface area contributed by atoms with Gasteiger partial charge in [-0.2, -0.15) is 0 Å². The van der Waals surface area contributed by atoms with Crippen LogP contribution in [-0.4, -0.2) is 61.7 Å². The van der Waals surface area contributed by atoms with Crippen molar-refractivity contribution in [3.05, 3.63) is 0 Å². The van der Waals surface area contributed by atoms with E-state index in [0.717, 1.165) is 19.6 Å². The van der Waals surface area contributed by atoms with Crippen molar-refractivity contribution in [1.29, 1.82) is 0 Å². The lowest BCUT2D eigenvalue weighted by atomic mass is 10.0. The molecule has 0 radical (unpaired) electrons. The smallest absolute Gasteiger partial charge is 0.0224 e. The Kier molecular flexibility index (Phi) is 9.70. The predicted molar refractivity (Wildman–Crippen MR) is 82.2 cm³/mol. The molecule has 0 aliphatic rings. The third-order valence-corrected chi connectivity index (χ3v) is 3.76. The van der Waals surface area contributed by atoms with Gasteiger partial charge < -0.3 is 10.2 Å². The molecule has 0 spiro atoms. The first-order chi connectivity index (χ1) is 8.47. The van der Waals surface area contributed by atoms with Crippen LogP contribution in [0.3, 0.4) is 0 Å². The van der Waals surface area contributed by atoms with Crippen molar-refractivity contribution < 1.29 is 0 Å². The van der Waals surface area contributed by atoms with Crippen molar-refractivity contribution in [2.24, 2.45) is 0 Å². The van der Waals surface area contributed by atoms with Crippen LogP contribution in [0.2, 0.25) is 0 Å². The fourth-order valence-electron chi connectivity index (χ4n) is 2.85. The maximum absolute atomic E-state index is 3.69. The Balaban J connectivity index is 4.49. The SMILES string of the molecule is CCCNC(CC)C(C)N(CC)C(C)CN(C)C. The summed E-state index contributed by atoms with van der Waals surface area (Å²) in [4.78, 5) is 4.90. The first-order valence-corrected chi connectivity index (χ1v) is 7.61. The van der Waals surface area contributed by atoms with E-state index in [-0.39, 0.29) is 0 Å². The van der Waals surface area contributed by atoms with Crippen LogP contribution in [-0.2, 0) is 0 Å². The summed E-state index contributed by atoms with van der Waals surface area (Å²) in [7, 11) is 4.31. The molecule has 3 heteroatoms. The van der Waals surface area contributed by atoms with Gasteiger partial charge in [0.1, 0.15) is 0 Å². The zero-order valence-corrected chi connectivity index (χ0v) is 13.7. The summed E-state index contributed by atoms with van der Waals surface area (Å²) < 4.78 is 0. The molecule has 3 unspecified atom stereocenters. The highest BCUT2D eigenvalue weighted by Gasteiger charge is 2.24. The third kappa shape index (κ3) is 6.17. The van der Waals surface area contributed by atoms with E-state index in [4.69, 9.17) is 0 Å². The van der Waals surface area contributed by atoms with E-state index in [2.05, 4.69) is 63.8 Å². The molecule has 3 atom stereocenters. The van der Waals surface area contributed by atoms with Crippen molar-refractivity contribution in [3.8, 4) is 0 Å². The molecule has 0 saturated heterocycles. The first-order valence-electron chi connectivity index (χ1n) is 7.61. The van der Waals surface area contributed by atoms with Gasteiger partial charge in [0, 0.05) is 24.7 Å². The van der Waals surface area contributed by atoms with Gasteiger partial charge in [0.15, 0.2) is 0 Å². The van der Waals surface area contributed by atoms with Gasteiger partial charge in [0.05, 0.1) is 0 Å². The molecule has 0 amide bonds. The van der Waals surface area contributed by atoms with Crippen LogP contribution < -0.4 is 5.32 Å². The summed E-state index contributed by atoms with van der Waals surface area (Å²) in [6, 6.07) is 1.81. The van der Waals surface area contributed by atoms with Gasteiger partial charge in [-0.25, -0.2) is 0 Å². The average molecular weight is 257 g/mol. The van der Waals surface area contributed by atoms with Gasteiger partial charge in [-0.3, -0.25) is 4.90 Å². The fourth-order valence-corrected chi connectivity index (χ4v) is 2.85. The molecular weight excluding hydrogens is 222 g/mol. The summed E-state index contributed by atoms with van der Waals surface area (Å²) in [5.74, 6) is 0. The standard InChI is InChI=1S/C15H35N3/c1-8-11-16-15(9-2)14(5)18(10-3)13(4)12-17(6)7/h13-16H,8-12H2,1-7H3. The summed E-state index contributed by atoms with van der Waals surface area (Å²) in [5.41, 5.74) is 0. The number of rotatable bonds is 10. The Bertz CT molecular complexity index is 194. The quantitative estimate of drug-likeness (QED) is 0.648. The Hall–Kier alpha value is -0.120. The molecule has 0 saturated carbocycles. The van der Waals surface area contributed by atoms with Crippen LogP contribution in [0.25, 0.3) is 0 Å². The fraction of sp³-hybridized carbons (Fsp3) is 1.00. The van der Waals surface area contributed by atoms with Crippen LogP contribution >= 0.6 is 0 Å². The van der Waals surface area contributed by atoms with Crippen LogP contribution in [0, 0.1) is 0 Å². The number of likely N-dealkylation sites (N-methyl/N-ethyl adjacent to an activating group) is 2. The van der Waals surface area contributed by atoms with Crippen LogP contribution in [0.15, 0.2) is 0 Å². The highest BCUT2D eigenvalue weighted by molar-refractivity contribution is 4.83. The molecule has 0 aromatic rings. The molecule has 3 nitrogen and oxygen atoms in total. The first kappa shape index (κ1) is 17.9. The number of hydrogen-bond acceptors (Lipinski definition) is 3. The second kappa shape index (κ2) is 9.76. The molecule has 0 aromatic carbocycles. The van der Waals surface area contributed by atoms with Crippen molar-refractivity contribution in [2.45, 2.75) is 65.6 Å². The van der Waals surface area contributed by atoms with E-state index in [9.17, 15) is 0 Å². The van der Waals surface area contributed by atoms with E-state index in [1.165, 1.54) is 12.8 Å². The number of nitrogens with zero attached hydrogens (tertiary/aromatic N) is 2. The second-order valence-electron chi connectivity index (χ2n) is 5.65. The van der Waals surface area contributed by atoms with Crippen molar-refractivity contribution in [2.75, 3.05) is 33.7 Å². The topological polar surface area (TPSA) is 18.5 Å². The molecule has 0 bridgehead atoms. The molecule has 0 aromatic heterocycles. The normalized spacial score (nSPS) is 17.2. The molecule has 0 heterocycles. The van der Waals surface area contributed by atoms with Gasteiger partial charge in [-0.15, -0.1) is 0 Å². The minimum Gasteiger partial charge on any atom is -0.312 e. The van der Waals surface area contributed by atoms with E-state index >= 15 is 0 Å².